The Morgan fingerprint density at radius 3 is 2.55 bits per heavy atom. The van der Waals surface area contributed by atoms with Gasteiger partial charge in [0.2, 0.25) is 0 Å². The van der Waals surface area contributed by atoms with Crippen LogP contribution in [0.25, 0.3) is 0 Å². The van der Waals surface area contributed by atoms with Gasteiger partial charge >= 0.3 is 17.6 Å². The minimum Gasteiger partial charge on any atom is -0.478 e. The molecule has 112 valence electrons. The van der Waals surface area contributed by atoms with Crippen molar-refractivity contribution in [1.29, 1.82) is 0 Å². The predicted octanol–water partition coefficient (Wildman–Crippen LogP) is 2.09. The molecule has 2 heterocycles. The fraction of sp³-hybridized carbons (Fsp3) is 0.188. The first-order valence-electron chi connectivity index (χ1n) is 6.64. The van der Waals surface area contributed by atoms with Crippen molar-refractivity contribution in [3.05, 3.63) is 63.2 Å². The molecule has 6 nitrogen and oxygen atoms in total. The molecule has 1 aromatic heterocycles. The Morgan fingerprint density at radius 1 is 1.23 bits per heavy atom. The molecule has 6 heteroatoms. The second-order valence-corrected chi connectivity index (χ2v) is 5.08. The molecule has 0 spiro atoms. The van der Waals surface area contributed by atoms with Crippen LogP contribution in [-0.4, -0.2) is 17.0 Å². The summed E-state index contributed by atoms with van der Waals surface area (Å²) in [5, 5.41) is 8.92. The third-order valence-corrected chi connectivity index (χ3v) is 3.58. The van der Waals surface area contributed by atoms with Crippen LogP contribution in [0, 0.1) is 6.92 Å². The highest BCUT2D eigenvalue weighted by atomic mass is 16.5. The van der Waals surface area contributed by atoms with Crippen molar-refractivity contribution in [3.8, 4) is 5.75 Å². The number of aryl methyl sites for hydroxylation is 1. The first-order valence-corrected chi connectivity index (χ1v) is 6.64. The van der Waals surface area contributed by atoms with Crippen LogP contribution in [0.15, 0.2) is 39.5 Å². The van der Waals surface area contributed by atoms with E-state index >= 15 is 0 Å². The lowest BCUT2D eigenvalue weighted by Crippen LogP contribution is -2.26. The number of carboxylic acids is 1. The highest BCUT2D eigenvalue weighted by molar-refractivity contribution is 5.87. The molecule has 0 saturated carbocycles. The minimum atomic E-state index is -1.04. The van der Waals surface area contributed by atoms with Gasteiger partial charge in [0.25, 0.3) is 0 Å². The summed E-state index contributed by atoms with van der Waals surface area (Å²) in [7, 11) is 0. The van der Waals surface area contributed by atoms with E-state index in [1.54, 1.807) is 19.1 Å². The van der Waals surface area contributed by atoms with Gasteiger partial charge in [-0.2, -0.15) is 0 Å². The van der Waals surface area contributed by atoms with Crippen molar-refractivity contribution in [2.45, 2.75) is 19.3 Å². The number of benzene rings is 1. The van der Waals surface area contributed by atoms with E-state index in [2.05, 4.69) is 0 Å². The number of fused-ring (bicyclic) bond motifs is 1. The summed E-state index contributed by atoms with van der Waals surface area (Å²) in [6.07, 6.45) is 0.00718. The number of hydrogen-bond donors (Lipinski definition) is 1. The van der Waals surface area contributed by atoms with Crippen LogP contribution in [0.3, 0.4) is 0 Å². The van der Waals surface area contributed by atoms with Crippen LogP contribution in [0.5, 0.6) is 5.75 Å². The molecule has 1 aromatic carbocycles. The smallest absolute Gasteiger partial charge is 0.343 e. The lowest BCUT2D eigenvalue weighted by atomic mass is 9.87. The number of ether oxygens (including phenoxy) is 1. The lowest BCUT2D eigenvalue weighted by Gasteiger charge is -2.23. The number of carbonyl (C=O) groups is 2. The zero-order chi connectivity index (χ0) is 15.9. The molecule has 1 aliphatic heterocycles. The van der Waals surface area contributed by atoms with Gasteiger partial charge in [-0.05, 0) is 24.6 Å². The zero-order valence-corrected chi connectivity index (χ0v) is 11.7. The SMILES string of the molecule is Cc1cc2c(c(=O)o1)C(c1ccc(C(=O)O)cc1)CC(=O)O2. The zero-order valence-electron chi connectivity index (χ0n) is 11.7. The summed E-state index contributed by atoms with van der Waals surface area (Å²) >= 11 is 0. The van der Waals surface area contributed by atoms with Crippen LogP contribution in [0.1, 0.15) is 39.6 Å². The monoisotopic (exact) mass is 300 g/mol. The van der Waals surface area contributed by atoms with Gasteiger partial charge in [0.05, 0.1) is 17.5 Å². The first-order chi connectivity index (χ1) is 10.5. The van der Waals surface area contributed by atoms with Gasteiger partial charge < -0.3 is 14.3 Å². The molecule has 1 unspecified atom stereocenters. The molecule has 0 radical (unpaired) electrons. The second-order valence-electron chi connectivity index (χ2n) is 5.08. The van der Waals surface area contributed by atoms with Crippen molar-refractivity contribution in [3.63, 3.8) is 0 Å². The number of rotatable bonds is 2. The molecule has 2 aromatic rings. The van der Waals surface area contributed by atoms with Gasteiger partial charge in [0.15, 0.2) is 0 Å². The Morgan fingerprint density at radius 2 is 1.91 bits per heavy atom. The maximum absolute atomic E-state index is 12.1. The van der Waals surface area contributed by atoms with Gasteiger partial charge in [-0.25, -0.2) is 9.59 Å². The van der Waals surface area contributed by atoms with Crippen LogP contribution < -0.4 is 10.4 Å². The van der Waals surface area contributed by atoms with Crippen LogP contribution in [-0.2, 0) is 4.79 Å². The Balaban J connectivity index is 2.11. The molecule has 1 N–H and O–H groups in total. The number of esters is 1. The summed E-state index contributed by atoms with van der Waals surface area (Å²) in [4.78, 5) is 34.7. The minimum absolute atomic E-state index is 0.00718. The van der Waals surface area contributed by atoms with E-state index in [0.29, 0.717) is 11.3 Å². The molecular formula is C16H12O6. The largest absolute Gasteiger partial charge is 0.478 e. The maximum atomic E-state index is 12.1. The first kappa shape index (κ1) is 14.1. The molecule has 0 saturated heterocycles. The average molecular weight is 300 g/mol. The number of carbonyl (C=O) groups excluding carboxylic acids is 1. The van der Waals surface area contributed by atoms with Crippen molar-refractivity contribution in [2.24, 2.45) is 0 Å². The van der Waals surface area contributed by atoms with E-state index in [-0.39, 0.29) is 23.3 Å². The molecule has 1 aliphatic rings. The van der Waals surface area contributed by atoms with Gasteiger partial charge in [-0.3, -0.25) is 4.79 Å². The van der Waals surface area contributed by atoms with Crippen LogP contribution >= 0.6 is 0 Å². The summed E-state index contributed by atoms with van der Waals surface area (Å²) in [6, 6.07) is 7.57. The molecular weight excluding hydrogens is 288 g/mol. The van der Waals surface area contributed by atoms with E-state index in [1.165, 1.54) is 18.2 Å². The third-order valence-electron chi connectivity index (χ3n) is 3.58. The van der Waals surface area contributed by atoms with Crippen molar-refractivity contribution in [2.75, 3.05) is 0 Å². The highest BCUT2D eigenvalue weighted by Crippen LogP contribution is 2.36. The molecule has 0 bridgehead atoms. The quantitative estimate of drug-likeness (QED) is 0.853. The average Bonchev–Trinajstić information content (AvgIpc) is 2.45. The van der Waals surface area contributed by atoms with Crippen LogP contribution in [0.2, 0.25) is 0 Å². The van der Waals surface area contributed by atoms with Gasteiger partial charge in [-0.15, -0.1) is 0 Å². The van der Waals surface area contributed by atoms with Crippen LogP contribution in [0.4, 0.5) is 0 Å². The fourth-order valence-corrected chi connectivity index (χ4v) is 2.57. The molecule has 3 rings (SSSR count). The molecule has 0 amide bonds. The normalized spacial score (nSPS) is 16.8. The number of aromatic carboxylic acids is 1. The highest BCUT2D eigenvalue weighted by Gasteiger charge is 2.32. The van der Waals surface area contributed by atoms with E-state index < -0.39 is 23.5 Å². The topological polar surface area (TPSA) is 93.8 Å². The van der Waals surface area contributed by atoms with E-state index in [1.807, 2.05) is 0 Å². The van der Waals surface area contributed by atoms with Gasteiger partial charge in [0, 0.05) is 12.0 Å². The Labute approximate surface area is 125 Å². The number of carboxylic acid groups (broad SMARTS) is 1. The molecule has 0 aliphatic carbocycles. The van der Waals surface area contributed by atoms with Gasteiger partial charge in [0.1, 0.15) is 11.5 Å². The molecule has 1 atom stereocenters. The Bertz CT molecular complexity index is 816. The summed E-state index contributed by atoms with van der Waals surface area (Å²) in [6.45, 7) is 1.60. The van der Waals surface area contributed by atoms with Crippen molar-refractivity contribution < 1.29 is 23.8 Å². The van der Waals surface area contributed by atoms with E-state index in [9.17, 15) is 14.4 Å². The maximum Gasteiger partial charge on any atom is 0.343 e. The fourth-order valence-electron chi connectivity index (χ4n) is 2.57. The summed E-state index contributed by atoms with van der Waals surface area (Å²) in [5.74, 6) is -1.42. The molecule has 0 fully saturated rings. The predicted molar refractivity (Wildman–Crippen MR) is 75.2 cm³/mol. The van der Waals surface area contributed by atoms with E-state index in [4.69, 9.17) is 14.3 Å². The Hall–Kier alpha value is -2.89. The summed E-state index contributed by atoms with van der Waals surface area (Å²) < 4.78 is 10.2. The third kappa shape index (κ3) is 2.39. The van der Waals surface area contributed by atoms with E-state index in [0.717, 1.165) is 0 Å². The Kier molecular flexibility index (Phi) is 3.29. The van der Waals surface area contributed by atoms with Crippen molar-refractivity contribution in [1.82, 2.24) is 0 Å². The lowest BCUT2D eigenvalue weighted by molar-refractivity contribution is -0.135. The number of hydrogen-bond acceptors (Lipinski definition) is 5. The second kappa shape index (κ2) is 5.14. The van der Waals surface area contributed by atoms with Crippen molar-refractivity contribution >= 4 is 11.9 Å². The summed E-state index contributed by atoms with van der Waals surface area (Å²) in [5.41, 5.74) is 0.542. The standard InChI is InChI=1S/C16H12O6/c1-8-6-12-14(16(20)21-8)11(7-13(17)22-12)9-2-4-10(5-3-9)15(18)19/h2-6,11H,7H2,1H3,(H,18,19). The van der Waals surface area contributed by atoms with Gasteiger partial charge in [-0.1, -0.05) is 12.1 Å². The molecule has 22 heavy (non-hydrogen) atoms.